The summed E-state index contributed by atoms with van der Waals surface area (Å²) in [6, 6.07) is 9.40. The van der Waals surface area contributed by atoms with Crippen molar-refractivity contribution in [2.75, 3.05) is 13.1 Å². The maximum atomic E-state index is 11.2. The molecule has 6 heteroatoms. The number of benzene rings is 1. The third-order valence-electron chi connectivity index (χ3n) is 3.47. The van der Waals surface area contributed by atoms with Crippen molar-refractivity contribution in [2.45, 2.75) is 19.1 Å². The molecule has 0 bridgehead atoms. The van der Waals surface area contributed by atoms with Gasteiger partial charge in [-0.3, -0.25) is 9.69 Å². The number of rotatable bonds is 4. The summed E-state index contributed by atoms with van der Waals surface area (Å²) in [5.74, 6) is -0.115. The van der Waals surface area contributed by atoms with Crippen molar-refractivity contribution in [2.24, 2.45) is 5.92 Å². The molecule has 2 rings (SSSR count). The van der Waals surface area contributed by atoms with E-state index in [4.69, 9.17) is 27.9 Å². The molecule has 20 heavy (non-hydrogen) atoms. The third kappa shape index (κ3) is 3.95. The third-order valence-corrected chi connectivity index (χ3v) is 3.87. The normalized spacial score (nSPS) is 18.5. The number of piperidine rings is 1. The molecule has 4 nitrogen and oxygen atoms in total. The molecule has 1 aliphatic rings. The highest BCUT2D eigenvalue weighted by molar-refractivity contribution is 6.64. The first-order valence-corrected chi connectivity index (χ1v) is 7.18. The van der Waals surface area contributed by atoms with Crippen LogP contribution in [-0.4, -0.2) is 28.7 Å². The molecular formula is C14H15Cl2NO3. The zero-order valence-corrected chi connectivity index (χ0v) is 12.3. The van der Waals surface area contributed by atoms with Gasteiger partial charge in [-0.1, -0.05) is 30.3 Å². The topological polar surface area (TPSA) is 46.6 Å². The van der Waals surface area contributed by atoms with Gasteiger partial charge in [-0.05, 0) is 24.4 Å². The fourth-order valence-electron chi connectivity index (χ4n) is 2.42. The Morgan fingerprint density at radius 2 is 1.75 bits per heavy atom. The second kappa shape index (κ2) is 7.07. The van der Waals surface area contributed by atoms with Crippen LogP contribution in [0.25, 0.3) is 0 Å². The Kier molecular flexibility index (Phi) is 5.40. The molecule has 0 amide bonds. The van der Waals surface area contributed by atoms with Crippen LogP contribution >= 0.6 is 23.2 Å². The predicted octanol–water partition coefficient (Wildman–Crippen LogP) is 3.54. The predicted molar refractivity (Wildman–Crippen MR) is 76.7 cm³/mol. The number of hydrogen-bond donors (Lipinski definition) is 0. The number of halogens is 2. The second-order valence-corrected chi connectivity index (χ2v) is 5.41. The Morgan fingerprint density at radius 1 is 1.15 bits per heavy atom. The SMILES string of the molecule is O=C(Cl)OC(c1ccccc1)N1CCC(C(=O)Cl)CC1. The molecule has 0 saturated carbocycles. The van der Waals surface area contributed by atoms with Gasteiger partial charge in [-0.2, -0.15) is 0 Å². The Labute approximate surface area is 127 Å². The molecule has 1 aliphatic heterocycles. The first kappa shape index (κ1) is 15.3. The van der Waals surface area contributed by atoms with Crippen molar-refractivity contribution >= 4 is 33.9 Å². The molecule has 1 fully saturated rings. The standard InChI is InChI=1S/C14H15Cl2NO3/c15-12(18)10-6-8-17(9-7-10)13(20-14(16)19)11-4-2-1-3-5-11/h1-5,10,13H,6-9H2. The smallest absolute Gasteiger partial charge is 0.405 e. The van der Waals surface area contributed by atoms with Crippen molar-refractivity contribution in [3.05, 3.63) is 35.9 Å². The van der Waals surface area contributed by atoms with Crippen molar-refractivity contribution in [1.82, 2.24) is 4.90 Å². The number of nitrogens with zero attached hydrogens (tertiary/aromatic N) is 1. The number of likely N-dealkylation sites (tertiary alicyclic amines) is 1. The van der Waals surface area contributed by atoms with Crippen LogP contribution in [0.1, 0.15) is 24.6 Å². The first-order valence-electron chi connectivity index (χ1n) is 6.42. The molecule has 0 aromatic heterocycles. The van der Waals surface area contributed by atoms with E-state index in [1.807, 2.05) is 35.2 Å². The lowest BCUT2D eigenvalue weighted by molar-refractivity contribution is -0.117. The average Bonchev–Trinajstić information content (AvgIpc) is 2.45. The molecule has 1 saturated heterocycles. The van der Waals surface area contributed by atoms with E-state index in [1.165, 1.54) is 0 Å². The van der Waals surface area contributed by atoms with E-state index in [9.17, 15) is 9.59 Å². The lowest BCUT2D eigenvalue weighted by atomic mass is 9.97. The van der Waals surface area contributed by atoms with E-state index in [2.05, 4.69) is 0 Å². The van der Waals surface area contributed by atoms with E-state index in [0.29, 0.717) is 25.9 Å². The molecule has 0 aliphatic carbocycles. The molecule has 0 spiro atoms. The van der Waals surface area contributed by atoms with Gasteiger partial charge in [0.1, 0.15) is 0 Å². The van der Waals surface area contributed by atoms with Crippen molar-refractivity contribution in [3.8, 4) is 0 Å². The Hall–Kier alpha value is -1.10. The maximum Gasteiger partial charge on any atom is 0.405 e. The Bertz CT molecular complexity index is 473. The average molecular weight is 316 g/mol. The van der Waals surface area contributed by atoms with Gasteiger partial charge >= 0.3 is 5.43 Å². The lowest BCUT2D eigenvalue weighted by Gasteiger charge is -2.35. The molecule has 0 N–H and O–H groups in total. The molecule has 1 atom stereocenters. The van der Waals surface area contributed by atoms with E-state index in [0.717, 1.165) is 5.56 Å². The van der Waals surface area contributed by atoms with Crippen LogP contribution in [0.2, 0.25) is 0 Å². The summed E-state index contributed by atoms with van der Waals surface area (Å²) in [4.78, 5) is 24.2. The highest BCUT2D eigenvalue weighted by Gasteiger charge is 2.30. The first-order chi connectivity index (χ1) is 9.58. The van der Waals surface area contributed by atoms with Gasteiger partial charge in [-0.25, -0.2) is 4.79 Å². The molecule has 108 valence electrons. The quantitative estimate of drug-likeness (QED) is 0.797. The molecule has 0 radical (unpaired) electrons. The summed E-state index contributed by atoms with van der Waals surface area (Å²) in [7, 11) is 0. The van der Waals surface area contributed by atoms with Crippen molar-refractivity contribution < 1.29 is 14.3 Å². The fraction of sp³-hybridized carbons (Fsp3) is 0.429. The number of ether oxygens (including phenoxy) is 1. The van der Waals surface area contributed by atoms with Gasteiger partial charge < -0.3 is 4.74 Å². The van der Waals surface area contributed by atoms with Gasteiger partial charge in [0.15, 0.2) is 6.23 Å². The minimum Gasteiger partial charge on any atom is -0.430 e. The van der Waals surface area contributed by atoms with E-state index in [1.54, 1.807) is 0 Å². The maximum absolute atomic E-state index is 11.2. The molecule has 1 heterocycles. The van der Waals surface area contributed by atoms with Crippen LogP contribution in [0.4, 0.5) is 4.79 Å². The minimum absolute atomic E-state index is 0.115. The molecule has 1 aromatic rings. The van der Waals surface area contributed by atoms with Crippen LogP contribution in [0.5, 0.6) is 0 Å². The molecular weight excluding hydrogens is 301 g/mol. The van der Waals surface area contributed by atoms with Crippen LogP contribution in [0, 0.1) is 5.92 Å². The van der Waals surface area contributed by atoms with Crippen molar-refractivity contribution in [3.63, 3.8) is 0 Å². The zero-order chi connectivity index (χ0) is 14.5. The summed E-state index contributed by atoms with van der Waals surface area (Å²) in [6.07, 6.45) is 0.796. The van der Waals surface area contributed by atoms with E-state index >= 15 is 0 Å². The summed E-state index contributed by atoms with van der Waals surface area (Å²) in [5, 5.41) is -0.296. The largest absolute Gasteiger partial charge is 0.430 e. The number of carbonyl (C=O) groups is 2. The van der Waals surface area contributed by atoms with Crippen LogP contribution in [0.15, 0.2) is 30.3 Å². The van der Waals surface area contributed by atoms with Gasteiger partial charge in [0.2, 0.25) is 5.24 Å². The number of hydrogen-bond acceptors (Lipinski definition) is 4. The molecule has 1 unspecified atom stereocenters. The molecule has 1 aromatic carbocycles. The monoisotopic (exact) mass is 315 g/mol. The highest BCUT2D eigenvalue weighted by Crippen LogP contribution is 2.29. The fourth-order valence-corrected chi connectivity index (χ4v) is 2.72. The lowest BCUT2D eigenvalue weighted by Crippen LogP contribution is -2.39. The van der Waals surface area contributed by atoms with E-state index < -0.39 is 11.7 Å². The highest BCUT2D eigenvalue weighted by atomic mass is 35.5. The van der Waals surface area contributed by atoms with Crippen LogP contribution in [-0.2, 0) is 9.53 Å². The summed E-state index contributed by atoms with van der Waals surface area (Å²) in [6.45, 7) is 1.26. The zero-order valence-electron chi connectivity index (χ0n) is 10.8. The second-order valence-electron chi connectivity index (χ2n) is 4.73. The Balaban J connectivity index is 2.09. The van der Waals surface area contributed by atoms with Gasteiger partial charge in [0.25, 0.3) is 0 Å². The Morgan fingerprint density at radius 3 is 2.25 bits per heavy atom. The van der Waals surface area contributed by atoms with E-state index in [-0.39, 0.29) is 11.2 Å². The number of carbonyl (C=O) groups excluding carboxylic acids is 2. The summed E-state index contributed by atoms with van der Waals surface area (Å²) in [5.41, 5.74) is 0.0200. The van der Waals surface area contributed by atoms with Crippen molar-refractivity contribution in [1.29, 1.82) is 0 Å². The minimum atomic E-state index is -0.839. The van der Waals surface area contributed by atoms with Crippen LogP contribution in [0.3, 0.4) is 0 Å². The van der Waals surface area contributed by atoms with Gasteiger partial charge in [-0.15, -0.1) is 0 Å². The summed E-state index contributed by atoms with van der Waals surface area (Å²) < 4.78 is 5.21. The van der Waals surface area contributed by atoms with Crippen LogP contribution < -0.4 is 0 Å². The van der Waals surface area contributed by atoms with Gasteiger partial charge in [0, 0.05) is 36.2 Å². The van der Waals surface area contributed by atoms with Gasteiger partial charge in [0.05, 0.1) is 0 Å². The summed E-state index contributed by atoms with van der Waals surface area (Å²) >= 11 is 10.9.